The quantitative estimate of drug-likeness (QED) is 0.377. The van der Waals surface area contributed by atoms with E-state index < -0.39 is 0 Å². The fourth-order valence-electron chi connectivity index (χ4n) is 3.53. The molecule has 0 aliphatic heterocycles. The summed E-state index contributed by atoms with van der Waals surface area (Å²) in [6.07, 6.45) is 0.582. The number of hydrogen-bond acceptors (Lipinski definition) is 5. The Bertz CT molecular complexity index is 1400. The van der Waals surface area contributed by atoms with Crippen molar-refractivity contribution in [1.82, 2.24) is 19.6 Å². The summed E-state index contributed by atoms with van der Waals surface area (Å²) in [4.78, 5) is 23.3. The second kappa shape index (κ2) is 8.72. The molecular formula is C25H20N4O2S. The third-order valence-electron chi connectivity index (χ3n) is 5.07. The highest BCUT2D eigenvalue weighted by Crippen LogP contribution is 2.39. The van der Waals surface area contributed by atoms with Crippen molar-refractivity contribution in [3.63, 3.8) is 0 Å². The van der Waals surface area contributed by atoms with Gasteiger partial charge in [-0.2, -0.15) is 9.50 Å². The first kappa shape index (κ1) is 20.1. The molecule has 1 atom stereocenters. The third-order valence-corrected chi connectivity index (χ3v) is 6.37. The highest BCUT2D eigenvalue weighted by Gasteiger charge is 2.20. The molecular weight excluding hydrogens is 420 g/mol. The molecule has 2 heterocycles. The molecule has 0 aliphatic rings. The van der Waals surface area contributed by atoms with Gasteiger partial charge in [-0.15, -0.1) is 11.8 Å². The summed E-state index contributed by atoms with van der Waals surface area (Å²) in [7, 11) is 0. The molecule has 32 heavy (non-hydrogen) atoms. The first-order chi connectivity index (χ1) is 15.7. The Hall–Kier alpha value is -3.84. The Labute approximate surface area is 188 Å². The van der Waals surface area contributed by atoms with Gasteiger partial charge < -0.3 is 5.11 Å². The Kier molecular flexibility index (Phi) is 5.47. The number of rotatable bonds is 6. The van der Waals surface area contributed by atoms with Crippen molar-refractivity contribution in [1.29, 1.82) is 0 Å². The average molecular weight is 441 g/mol. The van der Waals surface area contributed by atoms with E-state index in [-0.39, 0.29) is 16.6 Å². The van der Waals surface area contributed by atoms with Crippen molar-refractivity contribution < 1.29 is 5.11 Å². The SMILES string of the molecule is O=c1cc(C(Sc2ccccc2)c2ccc(O)cc2)nc2nc(Cc3ccccc3)[nH]n12. The summed E-state index contributed by atoms with van der Waals surface area (Å²) in [5.74, 6) is 1.21. The van der Waals surface area contributed by atoms with Crippen LogP contribution in [0, 0.1) is 0 Å². The molecule has 1 unspecified atom stereocenters. The third kappa shape index (κ3) is 4.29. The maximum absolute atomic E-state index is 12.9. The van der Waals surface area contributed by atoms with Crippen molar-refractivity contribution in [2.75, 3.05) is 0 Å². The molecule has 3 aromatic carbocycles. The highest BCUT2D eigenvalue weighted by atomic mass is 32.2. The number of aromatic nitrogens is 4. The van der Waals surface area contributed by atoms with E-state index in [1.165, 1.54) is 4.52 Å². The van der Waals surface area contributed by atoms with Gasteiger partial charge in [-0.3, -0.25) is 9.89 Å². The fourth-order valence-corrected chi connectivity index (χ4v) is 4.65. The molecule has 6 nitrogen and oxygen atoms in total. The van der Waals surface area contributed by atoms with Gasteiger partial charge in [0.05, 0.1) is 10.9 Å². The molecule has 0 amide bonds. The van der Waals surface area contributed by atoms with E-state index in [1.54, 1.807) is 30.0 Å². The molecule has 2 aromatic heterocycles. The van der Waals surface area contributed by atoms with Crippen molar-refractivity contribution in [3.05, 3.63) is 124 Å². The minimum absolute atomic E-state index is 0.193. The average Bonchev–Trinajstić information content (AvgIpc) is 3.22. The number of benzene rings is 3. The molecule has 5 aromatic rings. The highest BCUT2D eigenvalue weighted by molar-refractivity contribution is 7.99. The first-order valence-corrected chi connectivity index (χ1v) is 11.1. The summed E-state index contributed by atoms with van der Waals surface area (Å²) in [6, 6.07) is 28.5. The standard InChI is InChI=1S/C25H20N4O2S/c30-19-13-11-18(12-14-19)24(32-20-9-5-2-6-10-20)21-16-23(31)29-25(26-21)27-22(28-29)15-17-7-3-1-4-8-17/h1-14,16,24,30H,15H2,(H,26,27,28). The van der Waals surface area contributed by atoms with Crippen LogP contribution in [-0.4, -0.2) is 24.7 Å². The number of fused-ring (bicyclic) bond motifs is 1. The van der Waals surface area contributed by atoms with E-state index in [2.05, 4.69) is 10.1 Å². The van der Waals surface area contributed by atoms with Crippen molar-refractivity contribution >= 4 is 17.5 Å². The maximum Gasteiger partial charge on any atom is 0.274 e. The van der Waals surface area contributed by atoms with Crippen molar-refractivity contribution in [3.8, 4) is 5.75 Å². The molecule has 0 fully saturated rings. The predicted molar refractivity (Wildman–Crippen MR) is 125 cm³/mol. The minimum atomic E-state index is -0.232. The number of H-pyrrole nitrogens is 1. The Morgan fingerprint density at radius 2 is 1.59 bits per heavy atom. The Balaban J connectivity index is 1.55. The summed E-state index contributed by atoms with van der Waals surface area (Å²) in [6.45, 7) is 0. The van der Waals surface area contributed by atoms with Gasteiger partial charge in [0.2, 0.25) is 0 Å². The normalized spacial score (nSPS) is 12.1. The number of aromatic hydroxyl groups is 1. The number of thioether (sulfide) groups is 1. The minimum Gasteiger partial charge on any atom is -0.508 e. The lowest BCUT2D eigenvalue weighted by Gasteiger charge is -2.16. The smallest absolute Gasteiger partial charge is 0.274 e. The molecule has 7 heteroatoms. The van der Waals surface area contributed by atoms with E-state index in [1.807, 2.05) is 72.8 Å². The van der Waals surface area contributed by atoms with Crippen LogP contribution in [0.5, 0.6) is 5.75 Å². The number of phenolic OH excluding ortho intramolecular Hbond substituents is 1. The molecule has 2 N–H and O–H groups in total. The van der Waals surface area contributed by atoms with E-state index in [0.29, 0.717) is 23.7 Å². The van der Waals surface area contributed by atoms with Gasteiger partial charge in [0, 0.05) is 17.4 Å². The summed E-state index contributed by atoms with van der Waals surface area (Å²) in [5, 5.41) is 12.6. The summed E-state index contributed by atoms with van der Waals surface area (Å²) < 4.78 is 1.38. The van der Waals surface area contributed by atoms with Crippen LogP contribution in [0.4, 0.5) is 0 Å². The Morgan fingerprint density at radius 1 is 0.906 bits per heavy atom. The van der Waals surface area contributed by atoms with E-state index in [9.17, 15) is 9.90 Å². The van der Waals surface area contributed by atoms with E-state index in [0.717, 1.165) is 16.0 Å². The number of nitrogens with zero attached hydrogens (tertiary/aromatic N) is 3. The molecule has 0 saturated carbocycles. The van der Waals surface area contributed by atoms with Crippen LogP contribution in [0.15, 0.2) is 101 Å². The van der Waals surface area contributed by atoms with Crippen LogP contribution in [0.2, 0.25) is 0 Å². The molecule has 158 valence electrons. The molecule has 0 aliphatic carbocycles. The monoisotopic (exact) mass is 440 g/mol. The number of aromatic amines is 1. The zero-order chi connectivity index (χ0) is 21.9. The second-order valence-corrected chi connectivity index (χ2v) is 8.57. The lowest BCUT2D eigenvalue weighted by molar-refractivity contribution is 0.475. The predicted octanol–water partition coefficient (Wildman–Crippen LogP) is 4.60. The van der Waals surface area contributed by atoms with Gasteiger partial charge in [0.25, 0.3) is 11.3 Å². The van der Waals surface area contributed by atoms with E-state index in [4.69, 9.17) is 4.98 Å². The van der Waals surface area contributed by atoms with Gasteiger partial charge in [-0.1, -0.05) is 60.7 Å². The van der Waals surface area contributed by atoms with Crippen LogP contribution in [0.3, 0.4) is 0 Å². The van der Waals surface area contributed by atoms with Crippen LogP contribution in [-0.2, 0) is 6.42 Å². The van der Waals surface area contributed by atoms with Crippen LogP contribution in [0.1, 0.15) is 27.9 Å². The molecule has 5 rings (SSSR count). The zero-order valence-corrected chi connectivity index (χ0v) is 17.9. The summed E-state index contributed by atoms with van der Waals surface area (Å²) in [5.41, 5.74) is 2.44. The van der Waals surface area contributed by atoms with Crippen molar-refractivity contribution in [2.24, 2.45) is 0 Å². The van der Waals surface area contributed by atoms with Gasteiger partial charge in [-0.25, -0.2) is 4.98 Å². The largest absolute Gasteiger partial charge is 0.508 e. The fraction of sp³-hybridized carbons (Fsp3) is 0.0800. The van der Waals surface area contributed by atoms with Gasteiger partial charge in [0.15, 0.2) is 0 Å². The topological polar surface area (TPSA) is 83.3 Å². The molecule has 0 bridgehead atoms. The molecule has 0 saturated heterocycles. The lowest BCUT2D eigenvalue weighted by Crippen LogP contribution is -2.17. The van der Waals surface area contributed by atoms with Crippen LogP contribution >= 0.6 is 11.8 Å². The van der Waals surface area contributed by atoms with E-state index >= 15 is 0 Å². The van der Waals surface area contributed by atoms with Gasteiger partial charge in [0.1, 0.15) is 11.6 Å². The van der Waals surface area contributed by atoms with Gasteiger partial charge in [-0.05, 0) is 35.4 Å². The lowest BCUT2D eigenvalue weighted by atomic mass is 10.1. The zero-order valence-electron chi connectivity index (χ0n) is 17.1. The maximum atomic E-state index is 12.9. The number of nitrogens with one attached hydrogen (secondary N) is 1. The first-order valence-electron chi connectivity index (χ1n) is 10.2. The molecule has 0 spiro atoms. The number of hydrogen-bond donors (Lipinski definition) is 2. The molecule has 0 radical (unpaired) electrons. The van der Waals surface area contributed by atoms with Crippen molar-refractivity contribution in [2.45, 2.75) is 16.6 Å². The number of phenols is 1. The second-order valence-electron chi connectivity index (χ2n) is 7.39. The van der Waals surface area contributed by atoms with Gasteiger partial charge >= 0.3 is 0 Å². The van der Waals surface area contributed by atoms with Crippen LogP contribution < -0.4 is 5.56 Å². The Morgan fingerprint density at radius 3 is 2.31 bits per heavy atom. The summed E-state index contributed by atoms with van der Waals surface area (Å²) >= 11 is 1.60. The van der Waals surface area contributed by atoms with Crippen LogP contribution in [0.25, 0.3) is 5.78 Å².